The van der Waals surface area contributed by atoms with Gasteiger partial charge in [0.25, 0.3) is 17.7 Å². The van der Waals surface area contributed by atoms with Crippen molar-refractivity contribution in [3.63, 3.8) is 0 Å². The topological polar surface area (TPSA) is 362 Å². The van der Waals surface area contributed by atoms with Crippen LogP contribution in [0.5, 0.6) is 11.5 Å². The molecule has 27 nitrogen and oxygen atoms in total. The highest BCUT2D eigenvalue weighted by Gasteiger charge is 2.66. The van der Waals surface area contributed by atoms with Crippen molar-refractivity contribution in [1.29, 1.82) is 0 Å². The minimum Gasteiger partial charge on any atom is -0.491 e. The summed E-state index contributed by atoms with van der Waals surface area (Å²) in [5.74, 6) is -3.79. The number of carbonyl (C=O) groups is 7. The number of aliphatic carboxylic acids is 1. The molecule has 3 aromatic heterocycles. The molecule has 95 heavy (non-hydrogen) atoms. The molecule has 5 amide bonds. The van der Waals surface area contributed by atoms with Crippen molar-refractivity contribution >= 4 is 74.2 Å². The van der Waals surface area contributed by atoms with Crippen molar-refractivity contribution in [2.24, 2.45) is 16.2 Å². The number of carboxylic acid groups (broad SMARTS) is 2. The van der Waals surface area contributed by atoms with E-state index in [0.717, 1.165) is 82.6 Å². The minimum absolute atomic E-state index is 0.00364. The highest BCUT2D eigenvalue weighted by Crippen LogP contribution is 2.72. The van der Waals surface area contributed by atoms with Crippen molar-refractivity contribution in [2.75, 3.05) is 62.8 Å². The number of ether oxygens (including phenoxy) is 6. The number of thiazole rings is 1. The van der Waals surface area contributed by atoms with Gasteiger partial charge in [0.1, 0.15) is 48.8 Å². The van der Waals surface area contributed by atoms with Crippen LogP contribution in [0, 0.1) is 23.2 Å². The average Bonchev–Trinajstić information content (AvgIpc) is 0.770. The van der Waals surface area contributed by atoms with Crippen LogP contribution in [0.25, 0.3) is 21.3 Å². The van der Waals surface area contributed by atoms with Gasteiger partial charge in [-0.3, -0.25) is 34.1 Å². The van der Waals surface area contributed by atoms with Crippen molar-refractivity contribution < 1.29 is 87.5 Å². The summed E-state index contributed by atoms with van der Waals surface area (Å²) in [5.41, 5.74) is 4.42. The number of hydrogen-bond acceptors (Lipinski definition) is 21. The lowest BCUT2D eigenvalue weighted by Crippen LogP contribution is -2.64. The number of anilines is 2. The number of amides is 5. The fraction of sp³-hybridized carbons (Fsp3) is 0.463. The zero-order chi connectivity index (χ0) is 67.0. The van der Waals surface area contributed by atoms with Gasteiger partial charge in [0, 0.05) is 91.9 Å². The van der Waals surface area contributed by atoms with Gasteiger partial charge < -0.3 is 69.5 Å². The first-order chi connectivity index (χ1) is 45.5. The van der Waals surface area contributed by atoms with Crippen LogP contribution in [-0.4, -0.2) is 181 Å². The number of carbonyl (C=O) groups excluding carboxylic acids is 5. The first-order valence-electron chi connectivity index (χ1n) is 31.5. The molecule has 8 N–H and O–H groups in total. The van der Waals surface area contributed by atoms with Crippen LogP contribution >= 0.6 is 11.3 Å². The summed E-state index contributed by atoms with van der Waals surface area (Å²) in [6, 6.07) is 21.4. The Bertz CT molecular complexity index is 3930. The molecule has 1 saturated heterocycles. The molecule has 3 aliphatic heterocycles. The normalized spacial score (nSPS) is 25.8. The molecule has 502 valence electrons. The molecular weight excluding hydrogens is 1250 g/mol. The van der Waals surface area contributed by atoms with Crippen LogP contribution in [0.4, 0.5) is 15.7 Å². The molecule has 6 heterocycles. The summed E-state index contributed by atoms with van der Waals surface area (Å²) >= 11 is 1.40. The number of aromatic carboxylic acids is 1. The third kappa shape index (κ3) is 14.4. The van der Waals surface area contributed by atoms with E-state index in [2.05, 4.69) is 34.8 Å². The van der Waals surface area contributed by atoms with Gasteiger partial charge in [-0.1, -0.05) is 49.4 Å². The van der Waals surface area contributed by atoms with E-state index in [9.17, 15) is 59.1 Å². The Kier molecular flexibility index (Phi) is 18.8. The fourth-order valence-electron chi connectivity index (χ4n) is 15.7. The third-order valence-corrected chi connectivity index (χ3v) is 19.7. The second-order valence-electron chi connectivity index (χ2n) is 26.3. The number of rotatable bonds is 26. The second kappa shape index (κ2) is 27.1. The minimum atomic E-state index is -1.98. The molecule has 13 rings (SSSR count). The predicted octanol–water partition coefficient (Wildman–Crippen LogP) is 5.54. The summed E-state index contributed by atoms with van der Waals surface area (Å²) in [5, 5.41) is 65.9. The van der Waals surface area contributed by atoms with Crippen LogP contribution in [0.2, 0.25) is 0 Å². The molecule has 6 aromatic rings. The van der Waals surface area contributed by atoms with Crippen LogP contribution < -0.4 is 30.3 Å². The standard InChI is InChI=1S/C67H75N9O18S/c1-38-44(42-13-14-49(72-53(42)59(84)85)74-21-17-39-7-6-8-43(45(39)29-74)58(83)73-62-71-46-9-4-5-10-48(46)95-62)28-70-76(38)37-66-32-64(2)31-65(3,33-66)35-67(34-64,36-66)92-24-20-69-63(88)91-30-40-11-12-41(27-47(40)93-61-56(82)54(80)55(81)57(94-61)60(86)87)90-26-25-89-23-19-68-50(77)18-22-75-51(78)15-16-52(75)79/h4-16,27-28,54-57,61,80-82H,17-26,29-37H2,1-3H3,(H,68,77)(H,69,88)(H,84,85)(H,86,87)(H,71,73,83)/t54-,55-,56+,57-,61+,64?,65?,66?,67?/m0/s1. The van der Waals surface area contributed by atoms with E-state index in [1.807, 2.05) is 59.0 Å². The Morgan fingerprint density at radius 2 is 1.57 bits per heavy atom. The van der Waals surface area contributed by atoms with E-state index < -0.39 is 72.8 Å². The maximum atomic E-state index is 13.8. The number of aromatic nitrogens is 4. The van der Waals surface area contributed by atoms with Crippen molar-refractivity contribution in [1.82, 2.24) is 35.3 Å². The maximum Gasteiger partial charge on any atom is 0.407 e. The number of para-hydroxylation sites is 1. The van der Waals surface area contributed by atoms with Gasteiger partial charge in [0.05, 0.1) is 41.8 Å². The van der Waals surface area contributed by atoms with E-state index in [1.54, 1.807) is 24.4 Å². The fourth-order valence-corrected chi connectivity index (χ4v) is 16.6. The molecule has 3 aromatic carbocycles. The van der Waals surface area contributed by atoms with E-state index in [4.69, 9.17) is 38.5 Å². The third-order valence-electron chi connectivity index (χ3n) is 18.7. The molecular formula is C67H75N9O18S. The number of nitrogens with one attached hydrogen (secondary N) is 3. The largest absolute Gasteiger partial charge is 0.491 e. The molecule has 0 spiro atoms. The van der Waals surface area contributed by atoms with Crippen LogP contribution in [0.3, 0.4) is 0 Å². The van der Waals surface area contributed by atoms with E-state index in [-0.39, 0.29) is 103 Å². The SMILES string of the molecule is Cc1c(-c2ccc(N3CCc4cccc(C(=O)Nc5nc6ccccc6s5)c4C3)nc2C(=O)O)cnn1CC12CC3(C)CC(C)(C1)CC(OCCNC(=O)OCc1ccc(OCCOCCNC(=O)CCN4C(=O)C=CC4=O)cc1O[C@@H]1O[C@H](C(=O)O)[C@@H](O)[C@H](O)[C@H]1O)(C3)C2. The number of aliphatic hydroxyl groups is 3. The van der Waals surface area contributed by atoms with Gasteiger partial charge >= 0.3 is 18.0 Å². The second-order valence-corrected chi connectivity index (χ2v) is 27.3. The molecule has 4 bridgehead atoms. The van der Waals surface area contributed by atoms with Gasteiger partial charge in [-0.2, -0.15) is 5.10 Å². The first-order valence-corrected chi connectivity index (χ1v) is 32.4. The van der Waals surface area contributed by atoms with E-state index in [0.29, 0.717) is 53.7 Å². The number of fused-ring (bicyclic) bond motifs is 2. The van der Waals surface area contributed by atoms with Gasteiger partial charge in [-0.05, 0) is 122 Å². The summed E-state index contributed by atoms with van der Waals surface area (Å²) < 4.78 is 38.2. The monoisotopic (exact) mass is 1330 g/mol. The molecule has 28 heteroatoms. The van der Waals surface area contributed by atoms with Gasteiger partial charge in [-0.25, -0.2) is 24.4 Å². The number of imide groups is 1. The van der Waals surface area contributed by atoms with Crippen LogP contribution in [0.15, 0.2) is 91.1 Å². The predicted molar refractivity (Wildman–Crippen MR) is 340 cm³/mol. The lowest BCUT2D eigenvalue weighted by atomic mass is 9.39. The van der Waals surface area contributed by atoms with E-state index in [1.165, 1.54) is 23.5 Å². The van der Waals surface area contributed by atoms with Gasteiger partial charge in [-0.15, -0.1) is 0 Å². The molecule has 7 atom stereocenters. The molecule has 0 radical (unpaired) electrons. The summed E-state index contributed by atoms with van der Waals surface area (Å²) in [4.78, 5) is 100. The molecule has 5 fully saturated rings. The molecule has 4 saturated carbocycles. The zero-order valence-electron chi connectivity index (χ0n) is 52.6. The number of hydrogen-bond donors (Lipinski definition) is 8. The number of pyridine rings is 1. The number of aliphatic hydroxyl groups excluding tert-OH is 3. The summed E-state index contributed by atoms with van der Waals surface area (Å²) in [7, 11) is 0. The van der Waals surface area contributed by atoms with Crippen LogP contribution in [-0.2, 0) is 64.2 Å². The highest BCUT2D eigenvalue weighted by molar-refractivity contribution is 7.22. The highest BCUT2D eigenvalue weighted by atomic mass is 32.1. The molecule has 4 aliphatic carbocycles. The smallest absolute Gasteiger partial charge is 0.407 e. The number of nitrogens with zero attached hydrogens (tertiary/aromatic N) is 6. The van der Waals surface area contributed by atoms with Crippen molar-refractivity contribution in [2.45, 2.75) is 128 Å². The Balaban J connectivity index is 0.654. The molecule has 7 aliphatic rings. The van der Waals surface area contributed by atoms with Crippen LogP contribution in [0.1, 0.15) is 102 Å². The van der Waals surface area contributed by atoms with Gasteiger partial charge in [0.15, 0.2) is 16.9 Å². The first kappa shape index (κ1) is 66.1. The number of benzene rings is 3. The quantitative estimate of drug-likeness (QED) is 0.0244. The Labute approximate surface area is 549 Å². The summed E-state index contributed by atoms with van der Waals surface area (Å²) in [6.07, 6.45) is -0.498. The number of alkyl carbamates (subject to hydrolysis) is 1. The Morgan fingerprint density at radius 1 is 0.800 bits per heavy atom. The van der Waals surface area contributed by atoms with Crippen molar-refractivity contribution in [3.05, 3.63) is 125 Å². The zero-order valence-corrected chi connectivity index (χ0v) is 53.4. The molecule has 2 unspecified atom stereocenters. The lowest BCUT2D eigenvalue weighted by molar-refractivity contribution is -0.271. The van der Waals surface area contributed by atoms with Crippen molar-refractivity contribution in [3.8, 4) is 22.6 Å². The number of carboxylic acids is 2. The Morgan fingerprint density at radius 3 is 2.33 bits per heavy atom. The maximum absolute atomic E-state index is 13.8. The Hall–Kier alpha value is -8.90. The lowest BCUT2D eigenvalue weighted by Gasteiger charge is -2.69. The summed E-state index contributed by atoms with van der Waals surface area (Å²) in [6.45, 7) is 8.24. The van der Waals surface area contributed by atoms with E-state index >= 15 is 0 Å². The average molecular weight is 1330 g/mol. The van der Waals surface area contributed by atoms with Gasteiger partial charge in [0.2, 0.25) is 12.2 Å².